The Balaban J connectivity index is 1.93. The van der Waals surface area contributed by atoms with Gasteiger partial charge in [0.05, 0.1) is 23.6 Å². The number of carbonyl (C=O) groups excluding carboxylic acids is 1. The Hall–Kier alpha value is -1.88. The van der Waals surface area contributed by atoms with Gasteiger partial charge in [-0.1, -0.05) is 6.07 Å². The highest BCUT2D eigenvalue weighted by atomic mass is 16.1. The molecule has 1 aliphatic rings. The van der Waals surface area contributed by atoms with Crippen LogP contribution in [0.5, 0.6) is 0 Å². The zero-order valence-corrected chi connectivity index (χ0v) is 11.9. The second-order valence-electron chi connectivity index (χ2n) is 5.50. The molecule has 1 fully saturated rings. The summed E-state index contributed by atoms with van der Waals surface area (Å²) in [7, 11) is 0. The highest BCUT2D eigenvalue weighted by Gasteiger charge is 2.27. The van der Waals surface area contributed by atoms with Gasteiger partial charge in [0, 0.05) is 6.04 Å². The molecule has 1 aromatic carbocycles. The van der Waals surface area contributed by atoms with Crippen LogP contribution in [0.15, 0.2) is 18.2 Å². The number of aryl methyl sites for hydroxylation is 1. The minimum absolute atomic E-state index is 0.0159. The molecule has 1 heterocycles. The summed E-state index contributed by atoms with van der Waals surface area (Å²) in [5.74, 6) is 0.926. The number of aromatic nitrogens is 2. The molecule has 20 heavy (non-hydrogen) atoms. The predicted molar refractivity (Wildman–Crippen MR) is 78.4 cm³/mol. The maximum atomic E-state index is 11.4. The lowest BCUT2D eigenvalue weighted by Gasteiger charge is -2.13. The van der Waals surface area contributed by atoms with Crippen LogP contribution in [0.2, 0.25) is 0 Å². The van der Waals surface area contributed by atoms with Gasteiger partial charge >= 0.3 is 0 Å². The smallest absolute Gasteiger partial charge is 0.234 e. The van der Waals surface area contributed by atoms with Crippen LogP contribution >= 0.6 is 0 Å². The largest absolute Gasteiger partial charge is 0.348 e. The Morgan fingerprint density at radius 2 is 2.30 bits per heavy atom. The molecule has 5 heteroatoms. The van der Waals surface area contributed by atoms with E-state index in [1.807, 2.05) is 6.92 Å². The molecule has 1 amide bonds. The van der Waals surface area contributed by atoms with E-state index in [2.05, 4.69) is 40.0 Å². The summed E-state index contributed by atoms with van der Waals surface area (Å²) < 4.78 is 2.32. The summed E-state index contributed by atoms with van der Waals surface area (Å²) in [5.41, 5.74) is 8.57. The maximum absolute atomic E-state index is 11.4. The standard InChI is InChI=1S/C15H20N4O/c1-9(17-15(20)8-16)11-3-6-14-13(7-11)18-10(2)19(14)12-4-5-12/h3,6-7,9,12H,4-5,8,16H2,1-2H3,(H,17,20). The second-order valence-corrected chi connectivity index (χ2v) is 5.50. The Morgan fingerprint density at radius 1 is 1.55 bits per heavy atom. The number of imidazole rings is 1. The number of nitrogens with two attached hydrogens (primary N) is 1. The number of carbonyl (C=O) groups is 1. The van der Waals surface area contributed by atoms with Crippen molar-refractivity contribution < 1.29 is 4.79 Å². The van der Waals surface area contributed by atoms with Crippen LogP contribution in [0.3, 0.4) is 0 Å². The van der Waals surface area contributed by atoms with Crippen molar-refractivity contribution >= 4 is 16.9 Å². The molecule has 1 aliphatic carbocycles. The van der Waals surface area contributed by atoms with E-state index in [0.717, 1.165) is 16.9 Å². The van der Waals surface area contributed by atoms with Gasteiger partial charge in [-0.3, -0.25) is 4.79 Å². The van der Waals surface area contributed by atoms with Gasteiger partial charge in [-0.05, 0) is 44.4 Å². The van der Waals surface area contributed by atoms with Crippen molar-refractivity contribution in [2.75, 3.05) is 6.54 Å². The molecule has 3 rings (SSSR count). The maximum Gasteiger partial charge on any atom is 0.234 e. The molecule has 0 saturated heterocycles. The first-order valence-electron chi connectivity index (χ1n) is 7.08. The van der Waals surface area contributed by atoms with Gasteiger partial charge in [0.15, 0.2) is 0 Å². The summed E-state index contributed by atoms with van der Waals surface area (Å²) in [6.07, 6.45) is 2.49. The molecule has 1 atom stereocenters. The summed E-state index contributed by atoms with van der Waals surface area (Å²) >= 11 is 0. The molecule has 106 valence electrons. The van der Waals surface area contributed by atoms with Crippen LogP contribution in [-0.2, 0) is 4.79 Å². The van der Waals surface area contributed by atoms with Gasteiger partial charge < -0.3 is 15.6 Å². The van der Waals surface area contributed by atoms with E-state index in [0.29, 0.717) is 6.04 Å². The number of hydrogen-bond acceptors (Lipinski definition) is 3. The highest BCUT2D eigenvalue weighted by Crippen LogP contribution is 2.38. The topological polar surface area (TPSA) is 72.9 Å². The number of fused-ring (bicyclic) bond motifs is 1. The molecule has 0 aliphatic heterocycles. The fraction of sp³-hybridized carbons (Fsp3) is 0.467. The van der Waals surface area contributed by atoms with Crippen LogP contribution in [-0.4, -0.2) is 22.0 Å². The lowest BCUT2D eigenvalue weighted by atomic mass is 10.1. The third kappa shape index (κ3) is 2.29. The molecule has 0 spiro atoms. The molecule has 2 aromatic rings. The van der Waals surface area contributed by atoms with E-state index in [-0.39, 0.29) is 18.5 Å². The minimum atomic E-state index is -0.141. The second kappa shape index (κ2) is 4.90. The molecule has 0 bridgehead atoms. The average Bonchev–Trinajstić information content (AvgIpc) is 3.20. The van der Waals surface area contributed by atoms with Crippen LogP contribution in [0.1, 0.15) is 43.2 Å². The molecule has 0 radical (unpaired) electrons. The molecule has 1 saturated carbocycles. The van der Waals surface area contributed by atoms with Gasteiger partial charge in [0.25, 0.3) is 0 Å². The lowest BCUT2D eigenvalue weighted by Crippen LogP contribution is -2.32. The van der Waals surface area contributed by atoms with E-state index in [1.165, 1.54) is 18.4 Å². The van der Waals surface area contributed by atoms with Gasteiger partial charge in [0.2, 0.25) is 5.91 Å². The summed E-state index contributed by atoms with van der Waals surface area (Å²) in [5, 5.41) is 2.87. The zero-order chi connectivity index (χ0) is 14.3. The number of hydrogen-bond donors (Lipinski definition) is 2. The Morgan fingerprint density at radius 3 is 2.95 bits per heavy atom. The van der Waals surface area contributed by atoms with E-state index in [4.69, 9.17) is 5.73 Å². The summed E-state index contributed by atoms with van der Waals surface area (Å²) in [4.78, 5) is 16.0. The van der Waals surface area contributed by atoms with Gasteiger partial charge in [-0.15, -0.1) is 0 Å². The molecular weight excluding hydrogens is 252 g/mol. The van der Waals surface area contributed by atoms with Crippen molar-refractivity contribution in [2.24, 2.45) is 5.73 Å². The van der Waals surface area contributed by atoms with Crippen molar-refractivity contribution in [3.8, 4) is 0 Å². The van der Waals surface area contributed by atoms with E-state index in [1.54, 1.807) is 0 Å². The summed E-state index contributed by atoms with van der Waals surface area (Å²) in [6, 6.07) is 6.79. The predicted octanol–water partition coefficient (Wildman–Crippen LogP) is 1.82. The van der Waals surface area contributed by atoms with Crippen LogP contribution in [0.4, 0.5) is 0 Å². The molecule has 1 aromatic heterocycles. The first-order valence-corrected chi connectivity index (χ1v) is 7.08. The van der Waals surface area contributed by atoms with E-state index < -0.39 is 0 Å². The van der Waals surface area contributed by atoms with E-state index in [9.17, 15) is 4.79 Å². The SMILES string of the molecule is Cc1nc2cc(C(C)NC(=O)CN)ccc2n1C1CC1. The number of nitrogens with zero attached hydrogens (tertiary/aromatic N) is 2. The monoisotopic (exact) mass is 272 g/mol. The number of benzene rings is 1. The third-order valence-electron chi connectivity index (χ3n) is 3.86. The molecule has 1 unspecified atom stereocenters. The fourth-order valence-corrected chi connectivity index (χ4v) is 2.68. The van der Waals surface area contributed by atoms with Crippen molar-refractivity contribution in [2.45, 2.75) is 38.8 Å². The van der Waals surface area contributed by atoms with Gasteiger partial charge in [-0.25, -0.2) is 4.98 Å². The Kier molecular flexibility index (Phi) is 3.22. The number of nitrogens with one attached hydrogen (secondary N) is 1. The number of amides is 1. The van der Waals surface area contributed by atoms with Crippen LogP contribution in [0, 0.1) is 6.92 Å². The summed E-state index contributed by atoms with van der Waals surface area (Å²) in [6.45, 7) is 4.03. The molecule has 5 nitrogen and oxygen atoms in total. The van der Waals surface area contributed by atoms with Crippen molar-refractivity contribution in [1.82, 2.24) is 14.9 Å². The first-order chi connectivity index (χ1) is 9.60. The van der Waals surface area contributed by atoms with Gasteiger partial charge in [0.1, 0.15) is 5.82 Å². The minimum Gasteiger partial charge on any atom is -0.348 e. The quantitative estimate of drug-likeness (QED) is 0.891. The average molecular weight is 272 g/mol. The molecule has 3 N–H and O–H groups in total. The van der Waals surface area contributed by atoms with Crippen molar-refractivity contribution in [3.05, 3.63) is 29.6 Å². The zero-order valence-electron chi connectivity index (χ0n) is 11.9. The normalized spacial score (nSPS) is 16.4. The van der Waals surface area contributed by atoms with Crippen molar-refractivity contribution in [1.29, 1.82) is 0 Å². The van der Waals surface area contributed by atoms with Crippen LogP contribution in [0.25, 0.3) is 11.0 Å². The number of rotatable bonds is 4. The van der Waals surface area contributed by atoms with Gasteiger partial charge in [-0.2, -0.15) is 0 Å². The Labute approximate surface area is 118 Å². The Bertz CT molecular complexity index is 657. The highest BCUT2D eigenvalue weighted by molar-refractivity contribution is 5.79. The van der Waals surface area contributed by atoms with Crippen LogP contribution < -0.4 is 11.1 Å². The molecular formula is C15H20N4O. The van der Waals surface area contributed by atoms with E-state index >= 15 is 0 Å². The fourth-order valence-electron chi connectivity index (χ4n) is 2.68. The van der Waals surface area contributed by atoms with Crippen molar-refractivity contribution in [3.63, 3.8) is 0 Å². The lowest BCUT2D eigenvalue weighted by molar-refractivity contribution is -0.120. The third-order valence-corrected chi connectivity index (χ3v) is 3.86. The first kappa shape index (κ1) is 13.1.